The Balaban J connectivity index is 2.41. The van der Waals surface area contributed by atoms with Gasteiger partial charge in [-0.1, -0.05) is 28.5 Å². The van der Waals surface area contributed by atoms with Gasteiger partial charge in [-0.3, -0.25) is 14.5 Å². The second-order valence-electron chi connectivity index (χ2n) is 4.52. The first-order chi connectivity index (χ1) is 9.28. The fourth-order valence-corrected chi connectivity index (χ4v) is 2.68. The van der Waals surface area contributed by atoms with Gasteiger partial charge in [0, 0.05) is 6.20 Å². The Labute approximate surface area is 127 Å². The summed E-state index contributed by atoms with van der Waals surface area (Å²) in [4.78, 5) is 23.7. The maximum atomic E-state index is 14.4. The van der Waals surface area contributed by atoms with E-state index in [1.807, 2.05) is 5.92 Å². The van der Waals surface area contributed by atoms with Crippen LogP contribution in [0, 0.1) is 12.3 Å². The van der Waals surface area contributed by atoms with E-state index in [2.05, 4.69) is 0 Å². The van der Waals surface area contributed by atoms with Crippen molar-refractivity contribution in [3.63, 3.8) is 0 Å². The number of nitrogens with zero attached hydrogens (tertiary/aromatic N) is 1. The fourth-order valence-electron chi connectivity index (χ4n) is 2.08. The van der Waals surface area contributed by atoms with Crippen LogP contribution < -0.4 is 0 Å². The average Bonchev–Trinajstić information content (AvgIpc) is 2.62. The summed E-state index contributed by atoms with van der Waals surface area (Å²) in [5.41, 5.74) is -2.40. The molecule has 2 rings (SSSR count). The Morgan fingerprint density at radius 3 is 2.80 bits per heavy atom. The number of alkyl halides is 2. The van der Waals surface area contributed by atoms with Gasteiger partial charge in [0.05, 0.1) is 10.8 Å². The highest BCUT2D eigenvalue weighted by Crippen LogP contribution is 2.42. The van der Waals surface area contributed by atoms with E-state index in [-0.39, 0.29) is 4.43 Å². The highest BCUT2D eigenvalue weighted by atomic mass is 127. The van der Waals surface area contributed by atoms with Gasteiger partial charge in [-0.25, -0.2) is 4.39 Å². The number of hydrogen-bond donors (Lipinski definition) is 2. The van der Waals surface area contributed by atoms with Crippen LogP contribution in [0.5, 0.6) is 0 Å². The molecule has 0 bridgehead atoms. The Morgan fingerprint density at radius 2 is 2.30 bits per heavy atom. The number of rotatable bonds is 2. The quantitative estimate of drug-likeness (QED) is 0.285. The van der Waals surface area contributed by atoms with Crippen LogP contribution in [0.1, 0.15) is 6.42 Å². The summed E-state index contributed by atoms with van der Waals surface area (Å²) in [5, 5.41) is 20.1. The third-order valence-electron chi connectivity index (χ3n) is 3.21. The molecule has 2 aliphatic heterocycles. The summed E-state index contributed by atoms with van der Waals surface area (Å²) in [6.07, 6.45) is 3.28. The lowest BCUT2D eigenvalue weighted by atomic mass is 9.93. The number of ketones is 1. The van der Waals surface area contributed by atoms with E-state index in [4.69, 9.17) is 11.2 Å². The predicted molar refractivity (Wildman–Crippen MR) is 73.0 cm³/mol. The smallest absolute Gasteiger partial charge is 0.250 e. The minimum absolute atomic E-state index is 0.295. The molecule has 0 radical (unpaired) electrons. The maximum Gasteiger partial charge on any atom is 0.250 e. The van der Waals surface area contributed by atoms with Crippen molar-refractivity contribution >= 4 is 34.3 Å². The molecule has 0 spiro atoms. The molecule has 108 valence electrons. The van der Waals surface area contributed by atoms with Crippen molar-refractivity contribution in [2.24, 2.45) is 0 Å². The van der Waals surface area contributed by atoms with Gasteiger partial charge in [-0.15, -0.1) is 6.42 Å². The topological polar surface area (TPSA) is 87.1 Å². The van der Waals surface area contributed by atoms with E-state index < -0.39 is 41.9 Å². The first kappa shape index (κ1) is 15.4. The van der Waals surface area contributed by atoms with E-state index in [1.165, 1.54) is 0 Å². The number of halogens is 2. The van der Waals surface area contributed by atoms with Gasteiger partial charge in [0.25, 0.3) is 0 Å². The van der Waals surface area contributed by atoms with E-state index in [1.54, 1.807) is 22.6 Å². The van der Waals surface area contributed by atoms with Crippen LogP contribution in [0.15, 0.2) is 12.3 Å². The summed E-state index contributed by atoms with van der Waals surface area (Å²) >= 11 is 1.63. The van der Waals surface area contributed by atoms with Gasteiger partial charge in [0.1, 0.15) is 0 Å². The highest BCUT2D eigenvalue weighted by Gasteiger charge is 2.65. The summed E-state index contributed by atoms with van der Waals surface area (Å²) in [6, 6.07) is 0. The molecule has 8 heteroatoms. The first-order valence-electron chi connectivity index (χ1n) is 5.61. The SMILES string of the molecule is C#C[C@]1(O)[C@H](N2C=CC(=O)CC2=O)O[C@](F)(CI)[C@H]1O. The molecule has 0 aromatic rings. The number of carbonyl (C=O) groups is 2. The number of hydrogen-bond acceptors (Lipinski definition) is 5. The molecule has 2 aliphatic rings. The zero-order chi connectivity index (χ0) is 15.1. The van der Waals surface area contributed by atoms with Gasteiger partial charge < -0.3 is 14.9 Å². The van der Waals surface area contributed by atoms with Crippen molar-refractivity contribution in [1.29, 1.82) is 0 Å². The lowest BCUT2D eigenvalue weighted by Crippen LogP contribution is -2.55. The molecule has 0 aromatic carbocycles. The molecule has 20 heavy (non-hydrogen) atoms. The Kier molecular flexibility index (Phi) is 3.90. The third-order valence-corrected chi connectivity index (χ3v) is 4.25. The van der Waals surface area contributed by atoms with Crippen LogP contribution in [0.4, 0.5) is 4.39 Å². The molecule has 0 aromatic heterocycles. The number of amides is 1. The summed E-state index contributed by atoms with van der Waals surface area (Å²) in [5.74, 6) is -1.81. The molecule has 4 atom stereocenters. The highest BCUT2D eigenvalue weighted by molar-refractivity contribution is 14.1. The molecule has 1 saturated heterocycles. The molecule has 0 aliphatic carbocycles. The molecule has 0 unspecified atom stereocenters. The molecular weight excluding hydrogens is 384 g/mol. The van der Waals surface area contributed by atoms with Crippen molar-refractivity contribution in [1.82, 2.24) is 4.90 Å². The molecular formula is C12H11FINO5. The van der Waals surface area contributed by atoms with Gasteiger partial charge in [-0.05, 0) is 6.08 Å². The van der Waals surface area contributed by atoms with Crippen LogP contribution >= 0.6 is 22.6 Å². The standard InChI is InChI=1S/C12H11FINO5/c1-2-11(19)9(18)12(13,6-14)20-10(11)15-4-3-7(16)5-8(15)17/h1,3-4,9-10,18-19H,5-6H2/t9-,10+,11+,12+/m0/s1. The Bertz CT molecular complexity index is 532. The molecule has 2 N–H and O–H groups in total. The largest absolute Gasteiger partial charge is 0.383 e. The van der Waals surface area contributed by atoms with Crippen LogP contribution in [0.2, 0.25) is 0 Å². The van der Waals surface area contributed by atoms with E-state index in [0.717, 1.165) is 17.2 Å². The zero-order valence-corrected chi connectivity index (χ0v) is 12.3. The number of terminal acetylenes is 1. The van der Waals surface area contributed by atoms with Crippen LogP contribution in [-0.2, 0) is 14.3 Å². The lowest BCUT2D eigenvalue weighted by Gasteiger charge is -2.33. The fraction of sp³-hybridized carbons (Fsp3) is 0.500. The molecule has 6 nitrogen and oxygen atoms in total. The van der Waals surface area contributed by atoms with Gasteiger partial charge in [0.2, 0.25) is 17.4 Å². The predicted octanol–water partition coefficient (Wildman–Crippen LogP) is -0.516. The molecule has 0 saturated carbocycles. The van der Waals surface area contributed by atoms with Crippen LogP contribution in [0.25, 0.3) is 0 Å². The number of aliphatic hydroxyl groups is 2. The van der Waals surface area contributed by atoms with Crippen LogP contribution in [-0.4, -0.2) is 55.0 Å². The van der Waals surface area contributed by atoms with Crippen LogP contribution in [0.3, 0.4) is 0 Å². The number of carbonyl (C=O) groups excluding carboxylic acids is 2. The number of ether oxygens (including phenoxy) is 1. The lowest BCUT2D eigenvalue weighted by molar-refractivity contribution is -0.183. The van der Waals surface area contributed by atoms with Crippen molar-refractivity contribution in [2.45, 2.75) is 30.2 Å². The summed E-state index contributed by atoms with van der Waals surface area (Å²) in [7, 11) is 0. The minimum Gasteiger partial charge on any atom is -0.383 e. The van der Waals surface area contributed by atoms with Crippen molar-refractivity contribution in [2.75, 3.05) is 4.43 Å². The minimum atomic E-state index is -2.58. The second kappa shape index (κ2) is 5.07. The molecule has 2 heterocycles. The third kappa shape index (κ3) is 2.14. The van der Waals surface area contributed by atoms with E-state index >= 15 is 0 Å². The molecule has 1 fully saturated rings. The second-order valence-corrected chi connectivity index (χ2v) is 5.28. The summed E-state index contributed by atoms with van der Waals surface area (Å²) in [6.45, 7) is 0. The van der Waals surface area contributed by atoms with E-state index in [9.17, 15) is 24.2 Å². The van der Waals surface area contributed by atoms with Crippen molar-refractivity contribution in [3.05, 3.63) is 12.3 Å². The summed E-state index contributed by atoms with van der Waals surface area (Å²) < 4.78 is 19.1. The van der Waals surface area contributed by atoms with E-state index in [0.29, 0.717) is 0 Å². The first-order valence-corrected chi connectivity index (χ1v) is 7.14. The van der Waals surface area contributed by atoms with Crippen molar-refractivity contribution in [3.8, 4) is 12.3 Å². The molecule has 1 amide bonds. The monoisotopic (exact) mass is 395 g/mol. The van der Waals surface area contributed by atoms with Crippen molar-refractivity contribution < 1.29 is 28.9 Å². The average molecular weight is 395 g/mol. The normalized spacial score (nSPS) is 41.0. The maximum absolute atomic E-state index is 14.4. The number of allylic oxidation sites excluding steroid dienone is 1. The Morgan fingerprint density at radius 1 is 1.65 bits per heavy atom. The van der Waals surface area contributed by atoms with Gasteiger partial charge in [0.15, 0.2) is 18.1 Å². The van der Waals surface area contributed by atoms with Gasteiger partial charge in [-0.2, -0.15) is 0 Å². The van der Waals surface area contributed by atoms with Gasteiger partial charge >= 0.3 is 0 Å². The Hall–Kier alpha value is -1.02. The zero-order valence-electron chi connectivity index (χ0n) is 10.1. The number of aliphatic hydroxyl groups excluding tert-OH is 1.